The fraction of sp³-hybridized carbons (Fsp3) is 0.765. The second kappa shape index (κ2) is 10.1. The highest BCUT2D eigenvalue weighted by molar-refractivity contribution is 7.11. The number of nitrogens with one attached hydrogen (secondary N) is 2. The predicted octanol–water partition coefficient (Wildman–Crippen LogP) is 2.69. The van der Waals surface area contributed by atoms with E-state index in [0.29, 0.717) is 25.6 Å². The lowest BCUT2D eigenvalue weighted by atomic mass is 10.1. The maximum absolute atomic E-state index is 12.5. The molecule has 0 bridgehead atoms. The van der Waals surface area contributed by atoms with E-state index in [1.165, 1.54) is 9.78 Å². The van der Waals surface area contributed by atoms with Crippen molar-refractivity contribution in [2.75, 3.05) is 39.3 Å². The van der Waals surface area contributed by atoms with Crippen molar-refractivity contribution >= 4 is 17.3 Å². The molecule has 1 aromatic rings. The summed E-state index contributed by atoms with van der Waals surface area (Å²) in [5, 5.41) is 7.57. The maximum atomic E-state index is 12.5. The third-order valence-electron chi connectivity index (χ3n) is 4.21. The van der Waals surface area contributed by atoms with E-state index in [-0.39, 0.29) is 5.92 Å². The summed E-state index contributed by atoms with van der Waals surface area (Å²) >= 11 is 1.73. The molecule has 0 spiro atoms. The molecule has 0 saturated carbocycles. The molecule has 2 rings (SSSR count). The maximum Gasteiger partial charge on any atom is 0.401 e. The van der Waals surface area contributed by atoms with Crippen LogP contribution in [-0.4, -0.2) is 61.3 Å². The van der Waals surface area contributed by atoms with E-state index in [0.717, 1.165) is 37.4 Å². The number of guanidine groups is 1. The molecule has 1 atom stereocenters. The van der Waals surface area contributed by atoms with Crippen molar-refractivity contribution in [1.29, 1.82) is 0 Å². The second-order valence-corrected chi connectivity index (χ2v) is 7.68. The Morgan fingerprint density at radius 3 is 2.85 bits per heavy atom. The highest BCUT2D eigenvalue weighted by Crippen LogP contribution is 2.22. The molecule has 148 valence electrons. The standard InChI is InChI=1S/C17H28F3N5S/c1-3-14-10-23-15(26-14)5-7-22-16(21-4-2)24-9-13-6-8-25(11-13)12-17(18,19)20/h10,13H,3-9,11-12H2,1-2H3,(H2,21,22,24). The molecule has 0 aromatic carbocycles. The number of rotatable bonds is 8. The number of aromatic nitrogens is 1. The zero-order valence-electron chi connectivity index (χ0n) is 15.4. The fourth-order valence-corrected chi connectivity index (χ4v) is 3.80. The molecule has 9 heteroatoms. The SMILES string of the molecule is CCNC(=NCC1CCN(CC(F)(F)F)C1)NCCc1ncc(CC)s1. The third-order valence-corrected chi connectivity index (χ3v) is 5.41. The average Bonchev–Trinajstić information content (AvgIpc) is 3.20. The molecule has 1 aliphatic heterocycles. The molecule has 0 aliphatic carbocycles. The van der Waals surface area contributed by atoms with E-state index in [4.69, 9.17) is 0 Å². The fourth-order valence-electron chi connectivity index (χ4n) is 2.94. The number of likely N-dealkylation sites (tertiary alicyclic amines) is 1. The Kier molecular flexibility index (Phi) is 8.15. The lowest BCUT2D eigenvalue weighted by Gasteiger charge is -2.17. The highest BCUT2D eigenvalue weighted by Gasteiger charge is 2.34. The molecule has 1 aliphatic rings. The number of aryl methyl sites for hydroxylation is 1. The van der Waals surface area contributed by atoms with Crippen molar-refractivity contribution < 1.29 is 13.2 Å². The van der Waals surface area contributed by atoms with Crippen LogP contribution in [0.1, 0.15) is 30.2 Å². The normalized spacial score (nSPS) is 19.1. The second-order valence-electron chi connectivity index (χ2n) is 6.48. The van der Waals surface area contributed by atoms with Crippen molar-refractivity contribution in [3.05, 3.63) is 16.1 Å². The van der Waals surface area contributed by atoms with Crippen LogP contribution in [0.25, 0.3) is 0 Å². The van der Waals surface area contributed by atoms with Gasteiger partial charge in [0.05, 0.1) is 11.6 Å². The summed E-state index contributed by atoms with van der Waals surface area (Å²) in [5.41, 5.74) is 0. The van der Waals surface area contributed by atoms with Gasteiger partial charge in [0.25, 0.3) is 0 Å². The Hall–Kier alpha value is -1.35. The molecule has 2 heterocycles. The third kappa shape index (κ3) is 7.49. The van der Waals surface area contributed by atoms with Crippen LogP contribution in [0.5, 0.6) is 0 Å². The number of halogens is 3. The molecular formula is C17H28F3N5S. The molecule has 0 amide bonds. The number of hydrogen-bond donors (Lipinski definition) is 2. The topological polar surface area (TPSA) is 52.6 Å². The monoisotopic (exact) mass is 391 g/mol. The van der Waals surface area contributed by atoms with Crippen LogP contribution in [0.2, 0.25) is 0 Å². The Bertz CT molecular complexity index is 573. The van der Waals surface area contributed by atoms with E-state index in [9.17, 15) is 13.2 Å². The summed E-state index contributed by atoms with van der Waals surface area (Å²) in [6, 6.07) is 0. The molecule has 1 saturated heterocycles. The molecule has 26 heavy (non-hydrogen) atoms. The van der Waals surface area contributed by atoms with Gasteiger partial charge in [-0.3, -0.25) is 9.89 Å². The number of hydrogen-bond acceptors (Lipinski definition) is 4. The molecule has 5 nitrogen and oxygen atoms in total. The first-order chi connectivity index (χ1) is 12.4. The Morgan fingerprint density at radius 2 is 2.19 bits per heavy atom. The van der Waals surface area contributed by atoms with Gasteiger partial charge in [-0.05, 0) is 32.2 Å². The van der Waals surface area contributed by atoms with Gasteiger partial charge in [-0.25, -0.2) is 4.98 Å². The van der Waals surface area contributed by atoms with Gasteiger partial charge in [0, 0.05) is 43.7 Å². The minimum absolute atomic E-state index is 0.180. The van der Waals surface area contributed by atoms with Crippen molar-refractivity contribution in [3.8, 4) is 0 Å². The van der Waals surface area contributed by atoms with Gasteiger partial charge < -0.3 is 10.6 Å². The van der Waals surface area contributed by atoms with E-state index in [2.05, 4.69) is 27.5 Å². The summed E-state index contributed by atoms with van der Waals surface area (Å²) in [5.74, 6) is 0.896. The van der Waals surface area contributed by atoms with Gasteiger partial charge >= 0.3 is 6.18 Å². The van der Waals surface area contributed by atoms with Crippen LogP contribution < -0.4 is 10.6 Å². The molecule has 2 N–H and O–H groups in total. The van der Waals surface area contributed by atoms with Crippen molar-refractivity contribution in [2.45, 2.75) is 39.3 Å². The van der Waals surface area contributed by atoms with Crippen molar-refractivity contribution in [2.24, 2.45) is 10.9 Å². The largest absolute Gasteiger partial charge is 0.401 e. The molecule has 0 radical (unpaired) electrons. The predicted molar refractivity (Wildman–Crippen MR) is 99.8 cm³/mol. The summed E-state index contributed by atoms with van der Waals surface area (Å²) in [6.07, 6.45) is 0.395. The minimum Gasteiger partial charge on any atom is -0.357 e. The van der Waals surface area contributed by atoms with Crippen molar-refractivity contribution in [1.82, 2.24) is 20.5 Å². The van der Waals surface area contributed by atoms with Crippen LogP contribution in [0.4, 0.5) is 13.2 Å². The Balaban J connectivity index is 1.75. The summed E-state index contributed by atoms with van der Waals surface area (Å²) in [7, 11) is 0. The van der Waals surface area contributed by atoms with Gasteiger partial charge in [-0.2, -0.15) is 13.2 Å². The number of nitrogens with zero attached hydrogens (tertiary/aromatic N) is 3. The van der Waals surface area contributed by atoms with Gasteiger partial charge in [-0.15, -0.1) is 11.3 Å². The smallest absolute Gasteiger partial charge is 0.357 e. The lowest BCUT2D eigenvalue weighted by Crippen LogP contribution is -2.38. The minimum atomic E-state index is -4.12. The van der Waals surface area contributed by atoms with Gasteiger partial charge in [0.1, 0.15) is 0 Å². The first-order valence-electron chi connectivity index (χ1n) is 9.14. The Labute approximate surface area is 157 Å². The summed E-state index contributed by atoms with van der Waals surface area (Å²) in [4.78, 5) is 11.7. The molecule has 1 unspecified atom stereocenters. The Morgan fingerprint density at radius 1 is 1.38 bits per heavy atom. The summed E-state index contributed by atoms with van der Waals surface area (Å²) in [6.45, 7) is 6.26. The zero-order valence-corrected chi connectivity index (χ0v) is 16.2. The van der Waals surface area contributed by atoms with E-state index in [1.54, 1.807) is 11.3 Å². The number of alkyl halides is 3. The van der Waals surface area contributed by atoms with Gasteiger partial charge in [-0.1, -0.05) is 6.92 Å². The van der Waals surface area contributed by atoms with Crippen LogP contribution in [0.15, 0.2) is 11.2 Å². The van der Waals surface area contributed by atoms with Crippen LogP contribution >= 0.6 is 11.3 Å². The quantitative estimate of drug-likeness (QED) is 0.529. The average molecular weight is 392 g/mol. The lowest BCUT2D eigenvalue weighted by molar-refractivity contribution is -0.143. The van der Waals surface area contributed by atoms with E-state index >= 15 is 0 Å². The van der Waals surface area contributed by atoms with Gasteiger partial charge in [0.15, 0.2) is 5.96 Å². The van der Waals surface area contributed by atoms with Crippen molar-refractivity contribution in [3.63, 3.8) is 0 Å². The molecule has 1 aromatic heterocycles. The molecule has 1 fully saturated rings. The van der Waals surface area contributed by atoms with Crippen LogP contribution in [-0.2, 0) is 12.8 Å². The number of thiazole rings is 1. The zero-order chi connectivity index (χ0) is 19.0. The van der Waals surface area contributed by atoms with Crippen LogP contribution in [0.3, 0.4) is 0 Å². The first kappa shape index (κ1) is 21.0. The summed E-state index contributed by atoms with van der Waals surface area (Å²) < 4.78 is 37.4. The van der Waals surface area contributed by atoms with E-state index in [1.807, 2.05) is 13.1 Å². The van der Waals surface area contributed by atoms with Crippen LogP contribution in [0, 0.1) is 5.92 Å². The van der Waals surface area contributed by atoms with Gasteiger partial charge in [0.2, 0.25) is 0 Å². The first-order valence-corrected chi connectivity index (χ1v) is 9.96. The molecular weight excluding hydrogens is 363 g/mol. The number of aliphatic imine (C=N–C) groups is 1. The van der Waals surface area contributed by atoms with E-state index < -0.39 is 12.7 Å². The highest BCUT2D eigenvalue weighted by atomic mass is 32.1.